The van der Waals surface area contributed by atoms with Crippen molar-refractivity contribution in [3.8, 4) is 0 Å². The number of aliphatic carboxylic acids is 1. The Morgan fingerprint density at radius 1 is 1.33 bits per heavy atom. The van der Waals surface area contributed by atoms with E-state index in [4.69, 9.17) is 16.6 Å². The molecule has 0 fully saturated rings. The van der Waals surface area contributed by atoms with Gasteiger partial charge in [0.25, 0.3) is 0 Å². The molecule has 1 rings (SSSR count). The van der Waals surface area contributed by atoms with E-state index in [0.717, 1.165) is 17.5 Å². The third-order valence-electron chi connectivity index (χ3n) is 2.29. The Morgan fingerprint density at radius 2 is 1.93 bits per heavy atom. The van der Waals surface area contributed by atoms with Gasteiger partial charge in [-0.2, -0.15) is 0 Å². The number of hydrogen-bond acceptors (Lipinski definition) is 3. The molecular formula is C11H16N2O2. The van der Waals surface area contributed by atoms with Crippen molar-refractivity contribution >= 4 is 5.97 Å². The van der Waals surface area contributed by atoms with Crippen LogP contribution in [-0.2, 0) is 17.6 Å². The van der Waals surface area contributed by atoms with Crippen molar-refractivity contribution in [3.05, 3.63) is 35.4 Å². The zero-order valence-corrected chi connectivity index (χ0v) is 8.52. The van der Waals surface area contributed by atoms with Gasteiger partial charge in [-0.15, -0.1) is 0 Å². The highest BCUT2D eigenvalue weighted by molar-refractivity contribution is 5.73. The Kier molecular flexibility index (Phi) is 4.27. The first kappa shape index (κ1) is 11.7. The molecule has 1 aromatic carbocycles. The van der Waals surface area contributed by atoms with Crippen molar-refractivity contribution in [2.24, 2.45) is 11.5 Å². The molecular weight excluding hydrogens is 192 g/mol. The molecule has 0 aromatic heterocycles. The van der Waals surface area contributed by atoms with Crippen molar-refractivity contribution in [3.63, 3.8) is 0 Å². The molecule has 0 saturated heterocycles. The minimum atomic E-state index is -0.974. The van der Waals surface area contributed by atoms with E-state index in [1.54, 1.807) is 0 Å². The van der Waals surface area contributed by atoms with Crippen LogP contribution >= 0.6 is 0 Å². The van der Waals surface area contributed by atoms with Crippen LogP contribution in [-0.4, -0.2) is 23.7 Å². The van der Waals surface area contributed by atoms with Crippen LogP contribution in [0.1, 0.15) is 11.1 Å². The number of nitrogens with two attached hydrogens (primary N) is 2. The third-order valence-corrected chi connectivity index (χ3v) is 2.29. The molecule has 1 aromatic rings. The van der Waals surface area contributed by atoms with Gasteiger partial charge in [-0.25, -0.2) is 0 Å². The summed E-state index contributed by atoms with van der Waals surface area (Å²) in [5, 5.41) is 8.71. The number of carboxylic acids is 1. The zero-order chi connectivity index (χ0) is 11.3. The van der Waals surface area contributed by atoms with Gasteiger partial charge in [0.1, 0.15) is 6.04 Å². The standard InChI is InChI=1S/C11H16N2O2/c12-6-5-8-3-1-2-4-9(8)7-10(13)11(14)15/h1-4,10H,5-7,12-13H2,(H,14,15)/t10-/m0/s1. The Bertz CT molecular complexity index is 339. The lowest BCUT2D eigenvalue weighted by Gasteiger charge is -2.10. The van der Waals surface area contributed by atoms with Crippen LogP contribution in [0.25, 0.3) is 0 Å². The quantitative estimate of drug-likeness (QED) is 0.642. The molecule has 0 bridgehead atoms. The van der Waals surface area contributed by atoms with E-state index in [2.05, 4.69) is 0 Å². The Balaban J connectivity index is 2.79. The summed E-state index contributed by atoms with van der Waals surface area (Å²) in [5.41, 5.74) is 13.0. The van der Waals surface area contributed by atoms with Gasteiger partial charge in [-0.1, -0.05) is 24.3 Å². The van der Waals surface area contributed by atoms with Crippen LogP contribution in [0, 0.1) is 0 Å². The van der Waals surface area contributed by atoms with E-state index in [-0.39, 0.29) is 0 Å². The number of carboxylic acid groups (broad SMARTS) is 1. The maximum atomic E-state index is 10.6. The van der Waals surface area contributed by atoms with Crippen LogP contribution in [0.5, 0.6) is 0 Å². The molecule has 0 saturated carbocycles. The van der Waals surface area contributed by atoms with Crippen LogP contribution < -0.4 is 11.5 Å². The van der Waals surface area contributed by atoms with Gasteiger partial charge in [0.15, 0.2) is 0 Å². The first-order valence-corrected chi connectivity index (χ1v) is 4.90. The highest BCUT2D eigenvalue weighted by Crippen LogP contribution is 2.11. The lowest BCUT2D eigenvalue weighted by Crippen LogP contribution is -2.32. The average molecular weight is 208 g/mol. The molecule has 82 valence electrons. The smallest absolute Gasteiger partial charge is 0.320 e. The number of carbonyl (C=O) groups is 1. The molecule has 0 aliphatic rings. The lowest BCUT2D eigenvalue weighted by molar-refractivity contribution is -0.138. The molecule has 0 radical (unpaired) electrons. The van der Waals surface area contributed by atoms with Crippen LogP contribution in [0.4, 0.5) is 0 Å². The largest absolute Gasteiger partial charge is 0.480 e. The fourth-order valence-electron chi connectivity index (χ4n) is 1.48. The second-order valence-corrected chi connectivity index (χ2v) is 3.46. The first-order valence-electron chi connectivity index (χ1n) is 4.90. The van der Waals surface area contributed by atoms with Crippen molar-refractivity contribution in [1.82, 2.24) is 0 Å². The van der Waals surface area contributed by atoms with E-state index >= 15 is 0 Å². The summed E-state index contributed by atoms with van der Waals surface area (Å²) in [7, 11) is 0. The van der Waals surface area contributed by atoms with E-state index < -0.39 is 12.0 Å². The fraction of sp³-hybridized carbons (Fsp3) is 0.364. The molecule has 0 spiro atoms. The molecule has 5 N–H and O–H groups in total. The minimum absolute atomic E-state index is 0.353. The van der Waals surface area contributed by atoms with Crippen molar-refractivity contribution in [2.45, 2.75) is 18.9 Å². The van der Waals surface area contributed by atoms with Crippen molar-refractivity contribution < 1.29 is 9.90 Å². The predicted molar refractivity (Wildman–Crippen MR) is 58.5 cm³/mol. The second-order valence-electron chi connectivity index (χ2n) is 3.46. The maximum Gasteiger partial charge on any atom is 0.320 e. The summed E-state index contributed by atoms with van der Waals surface area (Å²) < 4.78 is 0. The second kappa shape index (κ2) is 5.48. The van der Waals surface area contributed by atoms with Gasteiger partial charge in [0.05, 0.1) is 0 Å². The monoisotopic (exact) mass is 208 g/mol. The molecule has 4 nitrogen and oxygen atoms in total. The Labute approximate surface area is 88.9 Å². The molecule has 15 heavy (non-hydrogen) atoms. The molecule has 4 heteroatoms. The van der Waals surface area contributed by atoms with Gasteiger partial charge < -0.3 is 16.6 Å². The Hall–Kier alpha value is -1.39. The molecule has 0 amide bonds. The molecule has 0 aliphatic carbocycles. The fourth-order valence-corrected chi connectivity index (χ4v) is 1.48. The maximum absolute atomic E-state index is 10.6. The van der Waals surface area contributed by atoms with E-state index in [1.165, 1.54) is 0 Å². The van der Waals surface area contributed by atoms with Gasteiger partial charge in [-0.05, 0) is 30.5 Å². The summed E-state index contributed by atoms with van der Waals surface area (Å²) in [6, 6.07) is 6.80. The molecule has 0 heterocycles. The van der Waals surface area contributed by atoms with Crippen LogP contribution in [0.3, 0.4) is 0 Å². The highest BCUT2D eigenvalue weighted by Gasteiger charge is 2.13. The van der Waals surface area contributed by atoms with Crippen LogP contribution in [0.15, 0.2) is 24.3 Å². The first-order chi connectivity index (χ1) is 7.15. The number of rotatable bonds is 5. The van der Waals surface area contributed by atoms with Gasteiger partial charge in [-0.3, -0.25) is 4.79 Å². The van der Waals surface area contributed by atoms with E-state index in [0.29, 0.717) is 13.0 Å². The summed E-state index contributed by atoms with van der Waals surface area (Å²) in [6.45, 7) is 0.555. The van der Waals surface area contributed by atoms with Crippen molar-refractivity contribution in [1.29, 1.82) is 0 Å². The Morgan fingerprint density at radius 3 is 2.47 bits per heavy atom. The lowest BCUT2D eigenvalue weighted by atomic mass is 9.98. The highest BCUT2D eigenvalue weighted by atomic mass is 16.4. The normalized spacial score (nSPS) is 12.4. The average Bonchev–Trinajstić information content (AvgIpc) is 2.21. The van der Waals surface area contributed by atoms with E-state index in [1.807, 2.05) is 24.3 Å². The van der Waals surface area contributed by atoms with Gasteiger partial charge in [0.2, 0.25) is 0 Å². The number of benzene rings is 1. The summed E-state index contributed by atoms with van der Waals surface area (Å²) in [4.78, 5) is 10.6. The molecule has 1 atom stereocenters. The summed E-state index contributed by atoms with van der Waals surface area (Å²) in [6.07, 6.45) is 1.11. The topological polar surface area (TPSA) is 89.3 Å². The zero-order valence-electron chi connectivity index (χ0n) is 8.52. The van der Waals surface area contributed by atoms with E-state index in [9.17, 15) is 4.79 Å². The summed E-state index contributed by atoms with van der Waals surface area (Å²) >= 11 is 0. The third kappa shape index (κ3) is 3.34. The predicted octanol–water partition coefficient (Wildman–Crippen LogP) is 0.142. The van der Waals surface area contributed by atoms with Crippen LogP contribution in [0.2, 0.25) is 0 Å². The van der Waals surface area contributed by atoms with Crippen molar-refractivity contribution in [2.75, 3.05) is 6.54 Å². The molecule has 0 aliphatic heterocycles. The van der Waals surface area contributed by atoms with Gasteiger partial charge in [0, 0.05) is 0 Å². The SMILES string of the molecule is NCCc1ccccc1C[C@H](N)C(=O)O. The summed E-state index contributed by atoms with van der Waals surface area (Å²) in [5.74, 6) is -0.974. The minimum Gasteiger partial charge on any atom is -0.480 e. The van der Waals surface area contributed by atoms with Gasteiger partial charge >= 0.3 is 5.97 Å². The number of hydrogen-bond donors (Lipinski definition) is 3. The molecule has 0 unspecified atom stereocenters.